The van der Waals surface area contributed by atoms with Crippen LogP contribution in [-0.2, 0) is 12.1 Å². The molecule has 0 amide bonds. The molecule has 0 aliphatic heterocycles. The predicted octanol–water partition coefficient (Wildman–Crippen LogP) is 2.65. The second-order valence-corrected chi connectivity index (χ2v) is 5.33. The van der Waals surface area contributed by atoms with Crippen LogP contribution in [-0.4, -0.2) is 11.7 Å². The number of nitrogens with one attached hydrogen (secondary N) is 1. The minimum atomic E-state index is -0.825. The third kappa shape index (κ3) is 2.97. The Bertz CT molecular complexity index is 459. The second kappa shape index (κ2) is 5.04. The molecule has 0 aliphatic carbocycles. The summed E-state index contributed by atoms with van der Waals surface area (Å²) in [6.07, 6.45) is 1.68. The van der Waals surface area contributed by atoms with Crippen molar-refractivity contribution in [1.29, 1.82) is 0 Å². The fourth-order valence-electron chi connectivity index (χ4n) is 1.68. The minimum Gasteiger partial charge on any atom is -0.468 e. The summed E-state index contributed by atoms with van der Waals surface area (Å²) in [5, 5.41) is 15.5. The number of aliphatic hydroxyl groups is 1. The number of furan rings is 1. The summed E-state index contributed by atoms with van der Waals surface area (Å²) >= 11 is 1.57. The highest BCUT2D eigenvalue weighted by molar-refractivity contribution is 7.10. The third-order valence-electron chi connectivity index (χ3n) is 2.77. The Balaban J connectivity index is 1.88. The first-order valence-electron chi connectivity index (χ1n) is 5.59. The molecule has 2 aromatic rings. The molecule has 3 nitrogen and oxygen atoms in total. The van der Waals surface area contributed by atoms with Crippen molar-refractivity contribution >= 4 is 11.3 Å². The molecule has 17 heavy (non-hydrogen) atoms. The standard InChI is InChI=1S/C13H17NO2S/c1-10-5-6-16-11(10)8-14-9-13(2,15)12-4-3-7-17-12/h3-7,14-15H,8-9H2,1-2H3. The van der Waals surface area contributed by atoms with Crippen molar-refractivity contribution in [1.82, 2.24) is 5.32 Å². The normalized spacial score (nSPS) is 14.8. The minimum absolute atomic E-state index is 0.508. The van der Waals surface area contributed by atoms with Crippen molar-refractivity contribution in [2.45, 2.75) is 26.0 Å². The summed E-state index contributed by atoms with van der Waals surface area (Å²) in [4.78, 5) is 0.973. The number of thiophene rings is 1. The van der Waals surface area contributed by atoms with E-state index in [-0.39, 0.29) is 0 Å². The van der Waals surface area contributed by atoms with Gasteiger partial charge in [0.1, 0.15) is 11.4 Å². The fraction of sp³-hybridized carbons (Fsp3) is 0.385. The number of aryl methyl sites for hydroxylation is 1. The Kier molecular flexibility index (Phi) is 3.66. The number of hydrogen-bond acceptors (Lipinski definition) is 4. The zero-order valence-corrected chi connectivity index (χ0v) is 10.9. The van der Waals surface area contributed by atoms with Crippen LogP contribution in [0.2, 0.25) is 0 Å². The van der Waals surface area contributed by atoms with Crippen molar-refractivity contribution < 1.29 is 9.52 Å². The lowest BCUT2D eigenvalue weighted by atomic mass is 10.1. The van der Waals surface area contributed by atoms with Gasteiger partial charge in [0, 0.05) is 11.4 Å². The molecule has 0 bridgehead atoms. The van der Waals surface area contributed by atoms with Crippen LogP contribution in [0.15, 0.2) is 34.3 Å². The second-order valence-electron chi connectivity index (χ2n) is 4.38. The monoisotopic (exact) mass is 251 g/mol. The average Bonchev–Trinajstić information content (AvgIpc) is 2.90. The first-order valence-corrected chi connectivity index (χ1v) is 6.47. The van der Waals surface area contributed by atoms with Crippen LogP contribution in [0.3, 0.4) is 0 Å². The van der Waals surface area contributed by atoms with Gasteiger partial charge >= 0.3 is 0 Å². The number of rotatable bonds is 5. The summed E-state index contributed by atoms with van der Waals surface area (Å²) in [6, 6.07) is 5.84. The molecule has 2 rings (SSSR count). The van der Waals surface area contributed by atoms with Gasteiger partial charge in [-0.05, 0) is 36.9 Å². The number of hydrogen-bond donors (Lipinski definition) is 2. The van der Waals surface area contributed by atoms with Gasteiger partial charge in [-0.1, -0.05) is 6.07 Å². The van der Waals surface area contributed by atoms with Crippen LogP contribution >= 0.6 is 11.3 Å². The van der Waals surface area contributed by atoms with Crippen LogP contribution in [0, 0.1) is 6.92 Å². The molecule has 92 valence electrons. The van der Waals surface area contributed by atoms with Gasteiger partial charge in [-0.15, -0.1) is 11.3 Å². The summed E-state index contributed by atoms with van der Waals surface area (Å²) in [5.74, 6) is 0.923. The topological polar surface area (TPSA) is 45.4 Å². The molecular formula is C13H17NO2S. The maximum Gasteiger partial charge on any atom is 0.120 e. The maximum atomic E-state index is 10.3. The first kappa shape index (κ1) is 12.4. The van der Waals surface area contributed by atoms with Crippen molar-refractivity contribution in [3.8, 4) is 0 Å². The van der Waals surface area contributed by atoms with E-state index < -0.39 is 5.60 Å². The van der Waals surface area contributed by atoms with Crippen molar-refractivity contribution in [3.63, 3.8) is 0 Å². The summed E-state index contributed by atoms with van der Waals surface area (Å²) < 4.78 is 5.33. The predicted molar refractivity (Wildman–Crippen MR) is 69.0 cm³/mol. The summed E-state index contributed by atoms with van der Waals surface area (Å²) in [6.45, 7) is 4.98. The van der Waals surface area contributed by atoms with E-state index in [1.165, 1.54) is 0 Å². The molecule has 0 aliphatic rings. The molecular weight excluding hydrogens is 234 g/mol. The van der Waals surface area contributed by atoms with E-state index in [2.05, 4.69) is 5.32 Å². The summed E-state index contributed by atoms with van der Waals surface area (Å²) in [7, 11) is 0. The highest BCUT2D eigenvalue weighted by atomic mass is 32.1. The van der Waals surface area contributed by atoms with Crippen LogP contribution in [0.1, 0.15) is 23.1 Å². The molecule has 0 fully saturated rings. The highest BCUT2D eigenvalue weighted by Gasteiger charge is 2.23. The first-order chi connectivity index (χ1) is 8.09. The van der Waals surface area contributed by atoms with E-state index in [9.17, 15) is 5.11 Å². The molecule has 2 aromatic heterocycles. The highest BCUT2D eigenvalue weighted by Crippen LogP contribution is 2.24. The smallest absolute Gasteiger partial charge is 0.120 e. The zero-order valence-electron chi connectivity index (χ0n) is 10.1. The zero-order chi connectivity index (χ0) is 12.3. The lowest BCUT2D eigenvalue weighted by Crippen LogP contribution is -2.34. The van der Waals surface area contributed by atoms with Crippen LogP contribution in [0.25, 0.3) is 0 Å². The third-order valence-corrected chi connectivity index (χ3v) is 3.90. The van der Waals surface area contributed by atoms with Crippen molar-refractivity contribution in [3.05, 3.63) is 46.0 Å². The van der Waals surface area contributed by atoms with E-state index >= 15 is 0 Å². The molecule has 0 aromatic carbocycles. The Morgan fingerprint density at radius 2 is 2.29 bits per heavy atom. The van der Waals surface area contributed by atoms with Gasteiger partial charge in [0.15, 0.2) is 0 Å². The molecule has 0 saturated heterocycles. The SMILES string of the molecule is Cc1ccoc1CNCC(C)(O)c1cccs1. The van der Waals surface area contributed by atoms with E-state index in [1.54, 1.807) is 17.6 Å². The largest absolute Gasteiger partial charge is 0.468 e. The van der Waals surface area contributed by atoms with E-state index in [4.69, 9.17) is 4.42 Å². The van der Waals surface area contributed by atoms with Gasteiger partial charge in [-0.2, -0.15) is 0 Å². The van der Waals surface area contributed by atoms with Crippen LogP contribution in [0.4, 0.5) is 0 Å². The molecule has 0 radical (unpaired) electrons. The lowest BCUT2D eigenvalue weighted by Gasteiger charge is -2.22. The van der Waals surface area contributed by atoms with Gasteiger partial charge in [0.25, 0.3) is 0 Å². The van der Waals surface area contributed by atoms with Crippen LogP contribution in [0.5, 0.6) is 0 Å². The molecule has 4 heteroatoms. The summed E-state index contributed by atoms with van der Waals surface area (Å²) in [5.41, 5.74) is 0.308. The average molecular weight is 251 g/mol. The Morgan fingerprint density at radius 3 is 2.88 bits per heavy atom. The molecule has 0 spiro atoms. The Hall–Kier alpha value is -1.10. The van der Waals surface area contributed by atoms with Gasteiger partial charge in [-0.25, -0.2) is 0 Å². The van der Waals surface area contributed by atoms with Crippen molar-refractivity contribution in [2.75, 3.05) is 6.54 Å². The van der Waals surface area contributed by atoms with Gasteiger partial charge < -0.3 is 14.8 Å². The van der Waals surface area contributed by atoms with Gasteiger partial charge in [0.05, 0.1) is 12.8 Å². The molecule has 2 heterocycles. The van der Waals surface area contributed by atoms with Gasteiger partial charge in [0.2, 0.25) is 0 Å². The quantitative estimate of drug-likeness (QED) is 0.858. The fourth-order valence-corrected chi connectivity index (χ4v) is 2.46. The Morgan fingerprint density at radius 1 is 1.47 bits per heavy atom. The van der Waals surface area contributed by atoms with E-state index in [0.717, 1.165) is 16.2 Å². The molecule has 1 atom stereocenters. The van der Waals surface area contributed by atoms with Crippen molar-refractivity contribution in [2.24, 2.45) is 0 Å². The van der Waals surface area contributed by atoms with E-state index in [1.807, 2.05) is 37.4 Å². The van der Waals surface area contributed by atoms with Gasteiger partial charge in [-0.3, -0.25) is 0 Å². The lowest BCUT2D eigenvalue weighted by molar-refractivity contribution is 0.0599. The molecule has 0 saturated carbocycles. The Labute approximate surface area is 105 Å². The molecule has 2 N–H and O–H groups in total. The maximum absolute atomic E-state index is 10.3. The van der Waals surface area contributed by atoms with E-state index in [0.29, 0.717) is 13.1 Å². The van der Waals surface area contributed by atoms with Crippen LogP contribution < -0.4 is 5.32 Å². The molecule has 1 unspecified atom stereocenters.